The number of carboxylic acids is 1. The van der Waals surface area contributed by atoms with Crippen molar-refractivity contribution >= 4 is 23.3 Å². The minimum atomic E-state index is -0.828. The number of halogens is 1. The Balaban J connectivity index is 2.26. The standard InChI is InChI=1S/C11H12ClNO3/c1-13-8(5-11(14)15)6-16-10-3-2-7(12)4-9(10)13/h2-4,8H,5-6H2,1H3,(H,14,15)/t8-/m0/s1. The monoisotopic (exact) mass is 241 g/mol. The second-order valence-electron chi connectivity index (χ2n) is 3.79. The molecule has 1 aromatic rings. The van der Waals surface area contributed by atoms with Gasteiger partial charge < -0.3 is 14.7 Å². The van der Waals surface area contributed by atoms with E-state index in [2.05, 4.69) is 0 Å². The molecule has 1 N–H and O–H groups in total. The highest BCUT2D eigenvalue weighted by Crippen LogP contribution is 2.35. The average molecular weight is 242 g/mol. The maximum absolute atomic E-state index is 10.7. The van der Waals surface area contributed by atoms with Crippen LogP contribution >= 0.6 is 11.6 Å². The van der Waals surface area contributed by atoms with E-state index in [4.69, 9.17) is 21.4 Å². The number of likely N-dealkylation sites (N-methyl/N-ethyl adjacent to an activating group) is 1. The summed E-state index contributed by atoms with van der Waals surface area (Å²) in [4.78, 5) is 12.6. The van der Waals surface area contributed by atoms with Gasteiger partial charge in [0.1, 0.15) is 12.4 Å². The minimum Gasteiger partial charge on any atom is -0.489 e. The van der Waals surface area contributed by atoms with Gasteiger partial charge in [-0.3, -0.25) is 4.79 Å². The first-order valence-electron chi connectivity index (χ1n) is 4.95. The number of nitrogens with zero attached hydrogens (tertiary/aromatic N) is 1. The van der Waals surface area contributed by atoms with Crippen LogP contribution in [-0.2, 0) is 4.79 Å². The number of aliphatic carboxylic acids is 1. The van der Waals surface area contributed by atoms with Crippen molar-refractivity contribution in [2.45, 2.75) is 12.5 Å². The summed E-state index contributed by atoms with van der Waals surface area (Å²) in [5, 5.41) is 9.39. The predicted octanol–water partition coefficient (Wildman–Crippen LogP) is 2.01. The van der Waals surface area contributed by atoms with Crippen LogP contribution < -0.4 is 9.64 Å². The number of carboxylic acid groups (broad SMARTS) is 1. The molecule has 86 valence electrons. The van der Waals surface area contributed by atoms with E-state index < -0.39 is 5.97 Å². The van der Waals surface area contributed by atoms with Crippen LogP contribution in [0, 0.1) is 0 Å². The van der Waals surface area contributed by atoms with E-state index >= 15 is 0 Å². The van der Waals surface area contributed by atoms with Crippen molar-refractivity contribution in [1.82, 2.24) is 0 Å². The van der Waals surface area contributed by atoms with E-state index in [1.807, 2.05) is 11.9 Å². The smallest absolute Gasteiger partial charge is 0.305 e. The number of hydrogen-bond donors (Lipinski definition) is 1. The molecule has 0 fully saturated rings. The molecule has 1 heterocycles. The molecule has 0 amide bonds. The Morgan fingerprint density at radius 2 is 2.44 bits per heavy atom. The molecule has 2 rings (SSSR count). The van der Waals surface area contributed by atoms with Crippen LogP contribution in [0.3, 0.4) is 0 Å². The Hall–Kier alpha value is -1.42. The first-order valence-corrected chi connectivity index (χ1v) is 5.32. The van der Waals surface area contributed by atoms with E-state index in [1.165, 1.54) is 0 Å². The Labute approximate surface area is 98.4 Å². The van der Waals surface area contributed by atoms with Crippen molar-refractivity contribution in [2.75, 3.05) is 18.6 Å². The van der Waals surface area contributed by atoms with Gasteiger partial charge in [-0.1, -0.05) is 11.6 Å². The van der Waals surface area contributed by atoms with E-state index in [1.54, 1.807) is 18.2 Å². The van der Waals surface area contributed by atoms with Crippen LogP contribution in [0.15, 0.2) is 18.2 Å². The topological polar surface area (TPSA) is 49.8 Å². The summed E-state index contributed by atoms with van der Waals surface area (Å²) in [5.74, 6) is -0.0838. The number of hydrogen-bond acceptors (Lipinski definition) is 3. The Kier molecular flexibility index (Phi) is 2.92. The molecule has 5 heteroatoms. The van der Waals surface area contributed by atoms with Gasteiger partial charge in [0.05, 0.1) is 18.2 Å². The number of fused-ring (bicyclic) bond motifs is 1. The van der Waals surface area contributed by atoms with Gasteiger partial charge in [-0.05, 0) is 18.2 Å². The molecule has 1 atom stereocenters. The molecule has 16 heavy (non-hydrogen) atoms. The number of anilines is 1. The summed E-state index contributed by atoms with van der Waals surface area (Å²) in [7, 11) is 1.85. The lowest BCUT2D eigenvalue weighted by Crippen LogP contribution is -2.41. The lowest BCUT2D eigenvalue weighted by atomic mass is 10.1. The van der Waals surface area contributed by atoms with Gasteiger partial charge in [0.2, 0.25) is 0 Å². The van der Waals surface area contributed by atoms with Gasteiger partial charge in [0.25, 0.3) is 0 Å². The van der Waals surface area contributed by atoms with Gasteiger partial charge in [0, 0.05) is 12.1 Å². The molecule has 4 nitrogen and oxygen atoms in total. The fourth-order valence-corrected chi connectivity index (χ4v) is 1.95. The van der Waals surface area contributed by atoms with Crippen molar-refractivity contribution < 1.29 is 14.6 Å². The van der Waals surface area contributed by atoms with Gasteiger partial charge in [0.15, 0.2) is 0 Å². The summed E-state index contributed by atoms with van der Waals surface area (Å²) in [5.41, 5.74) is 0.838. The molecule has 0 radical (unpaired) electrons. The second kappa shape index (κ2) is 4.22. The number of rotatable bonds is 2. The molecule has 1 aliphatic rings. The fraction of sp³-hybridized carbons (Fsp3) is 0.364. The summed E-state index contributed by atoms with van der Waals surface area (Å²) >= 11 is 5.90. The molecule has 0 spiro atoms. The second-order valence-corrected chi connectivity index (χ2v) is 4.22. The summed E-state index contributed by atoms with van der Waals surface area (Å²) < 4.78 is 5.50. The van der Waals surface area contributed by atoms with Gasteiger partial charge in [-0.15, -0.1) is 0 Å². The van der Waals surface area contributed by atoms with Crippen LogP contribution in [0.5, 0.6) is 5.75 Å². The van der Waals surface area contributed by atoms with Gasteiger partial charge >= 0.3 is 5.97 Å². The molecule has 1 aliphatic heterocycles. The van der Waals surface area contributed by atoms with E-state index in [-0.39, 0.29) is 12.5 Å². The van der Waals surface area contributed by atoms with Gasteiger partial charge in [-0.2, -0.15) is 0 Å². The quantitative estimate of drug-likeness (QED) is 0.861. The fourth-order valence-electron chi connectivity index (χ4n) is 1.78. The lowest BCUT2D eigenvalue weighted by Gasteiger charge is -2.35. The van der Waals surface area contributed by atoms with Crippen molar-refractivity contribution in [2.24, 2.45) is 0 Å². The maximum atomic E-state index is 10.7. The highest BCUT2D eigenvalue weighted by molar-refractivity contribution is 6.30. The van der Waals surface area contributed by atoms with E-state index in [9.17, 15) is 4.79 Å². The molecule has 1 aromatic carbocycles. The van der Waals surface area contributed by atoms with Crippen LogP contribution in [0.4, 0.5) is 5.69 Å². The molecular weight excluding hydrogens is 230 g/mol. The van der Waals surface area contributed by atoms with Crippen molar-refractivity contribution in [3.05, 3.63) is 23.2 Å². The van der Waals surface area contributed by atoms with Gasteiger partial charge in [-0.25, -0.2) is 0 Å². The van der Waals surface area contributed by atoms with Crippen molar-refractivity contribution in [3.8, 4) is 5.75 Å². The van der Waals surface area contributed by atoms with Crippen LogP contribution in [0.25, 0.3) is 0 Å². The Morgan fingerprint density at radius 1 is 1.69 bits per heavy atom. The minimum absolute atomic E-state index is 0.0580. The highest BCUT2D eigenvalue weighted by atomic mass is 35.5. The predicted molar refractivity (Wildman–Crippen MR) is 61.4 cm³/mol. The zero-order valence-electron chi connectivity index (χ0n) is 8.81. The largest absolute Gasteiger partial charge is 0.489 e. The van der Waals surface area contributed by atoms with Crippen molar-refractivity contribution in [3.63, 3.8) is 0 Å². The third-order valence-corrected chi connectivity index (χ3v) is 2.93. The third-order valence-electron chi connectivity index (χ3n) is 2.69. The highest BCUT2D eigenvalue weighted by Gasteiger charge is 2.26. The van der Waals surface area contributed by atoms with Crippen LogP contribution in [0.2, 0.25) is 5.02 Å². The lowest BCUT2D eigenvalue weighted by molar-refractivity contribution is -0.137. The van der Waals surface area contributed by atoms with E-state index in [0.29, 0.717) is 11.6 Å². The molecular formula is C11H12ClNO3. The zero-order chi connectivity index (χ0) is 11.7. The SMILES string of the molecule is CN1c2cc(Cl)ccc2OC[C@@H]1CC(=O)O. The average Bonchev–Trinajstić information content (AvgIpc) is 2.22. The number of carbonyl (C=O) groups is 1. The third kappa shape index (κ3) is 2.07. The van der Waals surface area contributed by atoms with Crippen LogP contribution in [0.1, 0.15) is 6.42 Å². The summed E-state index contributed by atoms with van der Waals surface area (Å²) in [6, 6.07) is 5.19. The maximum Gasteiger partial charge on any atom is 0.305 e. The molecule has 0 saturated heterocycles. The molecule has 0 aliphatic carbocycles. The zero-order valence-corrected chi connectivity index (χ0v) is 9.57. The first kappa shape index (κ1) is 11.1. The van der Waals surface area contributed by atoms with Crippen LogP contribution in [-0.4, -0.2) is 30.8 Å². The summed E-state index contributed by atoms with van der Waals surface area (Å²) in [6.45, 7) is 0.386. The molecule has 0 unspecified atom stereocenters. The number of ether oxygens (including phenoxy) is 1. The first-order chi connectivity index (χ1) is 7.58. The molecule has 0 bridgehead atoms. The Bertz CT molecular complexity index is 422. The summed E-state index contributed by atoms with van der Waals surface area (Å²) in [6.07, 6.45) is 0.0580. The number of benzene rings is 1. The Morgan fingerprint density at radius 3 is 3.12 bits per heavy atom. The molecule has 0 aromatic heterocycles. The van der Waals surface area contributed by atoms with E-state index in [0.717, 1.165) is 11.4 Å². The normalized spacial score (nSPS) is 18.9. The molecule has 0 saturated carbocycles. The van der Waals surface area contributed by atoms with Crippen molar-refractivity contribution in [1.29, 1.82) is 0 Å².